The van der Waals surface area contributed by atoms with Crippen molar-refractivity contribution in [1.82, 2.24) is 14.1 Å². The van der Waals surface area contributed by atoms with Gasteiger partial charge in [0.25, 0.3) is 6.33 Å². The molecule has 0 N–H and O–H groups in total. The summed E-state index contributed by atoms with van der Waals surface area (Å²) in [6.45, 7) is -32.1. The third-order valence-corrected chi connectivity index (χ3v) is 15.9. The molecule has 12 aromatic rings. The molecule has 0 aliphatic heterocycles. The van der Waals surface area contributed by atoms with Gasteiger partial charge < -0.3 is 4.74 Å². The van der Waals surface area contributed by atoms with Gasteiger partial charge in [-0.05, 0) is 197 Å². The first kappa shape index (κ1) is 25.0. The van der Waals surface area contributed by atoms with Crippen molar-refractivity contribution in [2.75, 3.05) is 0 Å². The molecule has 85 heavy (non-hydrogen) atoms. The average molecular weight is 1150 g/mol. The minimum atomic E-state index is -5.11. The molecule has 3 aliphatic carbocycles. The minimum absolute atomic E-state index is 0.0647. The molecule has 15 rings (SSSR count). The van der Waals surface area contributed by atoms with Crippen LogP contribution in [0.4, 0.5) is 0 Å². The third-order valence-electron chi connectivity index (χ3n) is 15.9. The number of aromatic nitrogens is 4. The van der Waals surface area contributed by atoms with Gasteiger partial charge in [0.2, 0.25) is 0 Å². The molecule has 3 heterocycles. The Morgan fingerprint density at radius 3 is 1.76 bits per heavy atom. The summed E-state index contributed by atoms with van der Waals surface area (Å²) in [6.07, 6.45) is -15.3. The number of fused-ring (bicyclic) bond motifs is 14. The lowest BCUT2D eigenvalue weighted by atomic mass is 9.60. The summed E-state index contributed by atoms with van der Waals surface area (Å²) in [7, 11) is 0. The van der Waals surface area contributed by atoms with Crippen LogP contribution >= 0.6 is 0 Å². The fraction of sp³-hybridized carbons (Fsp3) is 0.250. The summed E-state index contributed by atoms with van der Waals surface area (Å²) in [5.41, 5.74) is -37.2. The Labute approximate surface area is 558 Å². The van der Waals surface area contributed by atoms with E-state index in [0.717, 1.165) is 56.8 Å². The third kappa shape index (κ3) is 8.46. The van der Waals surface area contributed by atoms with Gasteiger partial charge in [-0.15, -0.1) is 0 Å². The van der Waals surface area contributed by atoms with Gasteiger partial charge in [0.05, 0.1) is 45.8 Å². The highest BCUT2D eigenvalue weighted by Gasteiger charge is 2.42. The molecule has 5 nitrogen and oxygen atoms in total. The highest BCUT2D eigenvalue weighted by molar-refractivity contribution is 6.10. The van der Waals surface area contributed by atoms with Crippen LogP contribution in [0, 0.1) is 6.33 Å². The molecule has 0 unspecified atom stereocenters. The van der Waals surface area contributed by atoms with Crippen molar-refractivity contribution in [2.24, 2.45) is 0 Å². The summed E-state index contributed by atoms with van der Waals surface area (Å²) in [5, 5.41) is 1.70. The number of benzene rings is 9. The number of hydrogen-bond donors (Lipinski definition) is 0. The molecule has 3 aromatic heterocycles. The maximum Gasteiger partial charge on any atom is 0.269 e. The van der Waals surface area contributed by atoms with Crippen molar-refractivity contribution >= 4 is 32.8 Å². The molecule has 0 amide bonds. The van der Waals surface area contributed by atoms with E-state index in [1.54, 1.807) is 36.5 Å². The van der Waals surface area contributed by atoms with Gasteiger partial charge >= 0.3 is 0 Å². The van der Waals surface area contributed by atoms with Crippen molar-refractivity contribution in [3.63, 3.8) is 0 Å². The van der Waals surface area contributed by atoms with E-state index in [0.29, 0.717) is 11.3 Å². The van der Waals surface area contributed by atoms with Crippen LogP contribution in [0.5, 0.6) is 11.5 Å². The molecule has 0 fully saturated rings. The molecule has 5 heteroatoms. The number of nitrogens with zero attached hydrogens (tertiary/aromatic N) is 4. The van der Waals surface area contributed by atoms with Gasteiger partial charge in [-0.2, -0.15) is 0 Å². The lowest BCUT2D eigenvalue weighted by Gasteiger charge is -2.44. The first-order valence-corrected chi connectivity index (χ1v) is 27.1. The molecule has 0 bridgehead atoms. The van der Waals surface area contributed by atoms with Crippen LogP contribution < -0.4 is 9.30 Å². The number of rotatable bonds is 6. The Bertz CT molecular complexity index is 6550. The maximum absolute atomic E-state index is 11.4. The second kappa shape index (κ2) is 18.9. The smallest absolute Gasteiger partial charge is 0.269 e. The van der Waals surface area contributed by atoms with E-state index in [1.807, 2.05) is 47.0 Å². The molecule has 420 valence electrons. The first-order chi connectivity index (χ1) is 57.6. The van der Waals surface area contributed by atoms with Crippen molar-refractivity contribution < 1.29 is 65.5 Å². The number of para-hydroxylation sites is 3. The minimum Gasteiger partial charge on any atom is -0.458 e. The second-order valence-electron chi connectivity index (χ2n) is 22.5. The van der Waals surface area contributed by atoms with Gasteiger partial charge in [-0.1, -0.05) is 197 Å². The average Bonchev–Trinajstić information content (AvgIpc) is 0.725. The molecule has 3 aliphatic rings. The summed E-state index contributed by atoms with van der Waals surface area (Å²) in [5.74, 6) is 1.00. The zero-order valence-electron chi connectivity index (χ0n) is 86.6. The SMILES string of the molecule is [2H]c1c([2H])c([2H])c(-c2ccc3c(c2-[n+]2[c-]n(-c4cccc(Oc5ccc6c7ccccc7n(-c7cc(C(C)(C)C)ccn7)c6c5)c4)c4ccccc42)-c2c([2H])c4c(c([2H])c2-c2c([2H])c5c(c([2H])c2-c2ccccc2-3)C(C([2H])([2H])[2H])(C([2H])([2H])[2H])C([2H])([2H])C([2H])([2H])C5(C([2H])([2H])[2H])C([2H])([2H])[2H])C(C([2H])([2H])[2H])(C([2H])([2H])[2H])C([2H])([2H])C([2H])([2H])C4(C([2H])([2H])[2H])C([2H])([2H])[2H])c([2H])c1[2H]. The van der Waals surface area contributed by atoms with Crippen molar-refractivity contribution in [1.29, 1.82) is 0 Å². The Kier molecular flexibility index (Phi) is 5.55. The Balaban J connectivity index is 1.20. The van der Waals surface area contributed by atoms with E-state index in [1.165, 1.54) is 41.0 Å². The zero-order chi connectivity index (χ0) is 93.5. The molecule has 9 aromatic carbocycles. The molecule has 0 saturated heterocycles. The second-order valence-corrected chi connectivity index (χ2v) is 22.5. The lowest BCUT2D eigenvalue weighted by Crippen LogP contribution is -2.35. The highest BCUT2D eigenvalue weighted by Crippen LogP contribution is 2.58. The fourth-order valence-electron chi connectivity index (χ4n) is 11.8. The molecule has 0 atom stereocenters. The van der Waals surface area contributed by atoms with Crippen LogP contribution in [0.2, 0.25) is 0 Å². The van der Waals surface area contributed by atoms with E-state index in [-0.39, 0.29) is 33.6 Å². The Morgan fingerprint density at radius 2 is 1.09 bits per heavy atom. The number of ether oxygens (including phenoxy) is 1. The summed E-state index contributed by atoms with van der Waals surface area (Å²) in [6, 6.07) is 22.4. The van der Waals surface area contributed by atoms with E-state index in [9.17, 15) is 54.8 Å². The van der Waals surface area contributed by atoms with Crippen LogP contribution in [-0.2, 0) is 27.1 Å². The van der Waals surface area contributed by atoms with Gasteiger partial charge in [-0.25, -0.2) is 4.98 Å². The van der Waals surface area contributed by atoms with Crippen LogP contribution in [0.1, 0.15) is 185 Å². The monoisotopic (exact) mass is 1150 g/mol. The molecular weight excluding hydrogens is 1030 g/mol. The van der Waals surface area contributed by atoms with Gasteiger partial charge in [-0.3, -0.25) is 13.7 Å². The number of imidazole rings is 1. The number of pyridine rings is 1. The molecule has 0 saturated carbocycles. The highest BCUT2D eigenvalue weighted by atomic mass is 16.5. The van der Waals surface area contributed by atoms with Gasteiger partial charge in [0.15, 0.2) is 0 Å². The zero-order valence-corrected chi connectivity index (χ0v) is 45.6. The van der Waals surface area contributed by atoms with E-state index in [4.69, 9.17) is 11.1 Å². The van der Waals surface area contributed by atoms with E-state index >= 15 is 0 Å². The summed E-state index contributed by atoms with van der Waals surface area (Å²) >= 11 is 0. The van der Waals surface area contributed by atoms with Crippen molar-refractivity contribution in [2.45, 2.75) is 128 Å². The van der Waals surface area contributed by atoms with Crippen LogP contribution in [0.3, 0.4) is 0 Å². The van der Waals surface area contributed by atoms with Crippen LogP contribution in [0.15, 0.2) is 200 Å². The largest absolute Gasteiger partial charge is 0.458 e. The van der Waals surface area contributed by atoms with Crippen LogP contribution in [0.25, 0.3) is 106 Å². The predicted octanol–water partition coefficient (Wildman–Crippen LogP) is 20.6. The first-order valence-electron chi connectivity index (χ1n) is 47.6. The molecule has 0 radical (unpaired) electrons. The normalized spacial score (nSPS) is 26.7. The van der Waals surface area contributed by atoms with Gasteiger partial charge in [0, 0.05) is 72.5 Å². The summed E-state index contributed by atoms with van der Waals surface area (Å²) < 4.78 is 408. The van der Waals surface area contributed by atoms with Gasteiger partial charge in [0.1, 0.15) is 17.3 Å². The Morgan fingerprint density at radius 1 is 0.529 bits per heavy atom. The fourth-order valence-corrected chi connectivity index (χ4v) is 11.8. The predicted molar refractivity (Wildman–Crippen MR) is 352 cm³/mol. The topological polar surface area (TPSA) is 35.9 Å². The summed E-state index contributed by atoms with van der Waals surface area (Å²) in [4.78, 5) is 4.80. The standard InChI is InChI=1S/C80H74N4O/c1-76(2,3)51-36-41-81-73(42-51)84-69-29-18-17-28-58(69)59-33-32-54(44-72(59)84)85-53-25-21-24-52(43-53)82-49-83(71-31-20-19-30-70(71)82)75-55(50-22-13-12-14-23-50)34-35-60-56-26-15-16-27-57(56)61-45-65-66(78(6,7)38-37-77(65,4)5)46-62(61)63-47-67-68(48-64(63)74(60)75)80(10,11)40-39-79(67,8)9/h12-36,41-48H,37-40H2,1-11H3/i4D3,5D3,6D3,7D3,8D3,9D3,10D3,11D3,12D,13D,14D,22D,23D,37D2,38D2,39D2,40D2,45D,46D,47D,48D. The van der Waals surface area contributed by atoms with E-state index in [2.05, 4.69) is 27.1 Å². The van der Waals surface area contributed by atoms with E-state index < -0.39 is 240 Å². The number of hydrogen-bond acceptors (Lipinski definition) is 2. The van der Waals surface area contributed by atoms with Crippen molar-refractivity contribution in [3.8, 4) is 84.3 Å². The quantitative estimate of drug-likeness (QED) is 0.123. The molecule has 0 spiro atoms. The lowest BCUT2D eigenvalue weighted by molar-refractivity contribution is -0.571. The van der Waals surface area contributed by atoms with Crippen LogP contribution in [-0.4, -0.2) is 14.1 Å². The molecular formula is C80H74N4O. The van der Waals surface area contributed by atoms with Crippen molar-refractivity contribution in [3.05, 3.63) is 234 Å². The Hall–Kier alpha value is -8.80. The maximum atomic E-state index is 11.4.